The lowest BCUT2D eigenvalue weighted by Gasteiger charge is -2.07. The molecule has 0 bridgehead atoms. The van der Waals surface area contributed by atoms with Gasteiger partial charge >= 0.3 is 5.97 Å². The van der Waals surface area contributed by atoms with Crippen LogP contribution in [-0.4, -0.2) is 24.7 Å². The Balaban J connectivity index is 1.84. The standard InChI is InChI=1S/C17H16FNO3S/c1-22-17(21)13-6-4-5-12(9-13)10-23-11-16(20)19-15-8-3-2-7-14(15)18/h2-9H,10-11H2,1H3,(H,19,20). The number of amides is 1. The Hall–Kier alpha value is -2.34. The van der Waals surface area contributed by atoms with Crippen molar-refractivity contribution in [1.82, 2.24) is 0 Å². The third-order valence-electron chi connectivity index (χ3n) is 3.00. The predicted octanol–water partition coefficient (Wildman–Crippen LogP) is 3.48. The van der Waals surface area contributed by atoms with Crippen LogP contribution in [0.4, 0.5) is 10.1 Å². The van der Waals surface area contributed by atoms with Crippen LogP contribution in [0.2, 0.25) is 0 Å². The summed E-state index contributed by atoms with van der Waals surface area (Å²) in [7, 11) is 1.33. The number of para-hydroxylation sites is 1. The first-order chi connectivity index (χ1) is 11.1. The van der Waals surface area contributed by atoms with Crippen molar-refractivity contribution in [3.63, 3.8) is 0 Å². The lowest BCUT2D eigenvalue weighted by molar-refractivity contribution is -0.113. The second-order valence-corrected chi connectivity index (χ2v) is 5.70. The summed E-state index contributed by atoms with van der Waals surface area (Å²) >= 11 is 1.38. The highest BCUT2D eigenvalue weighted by Crippen LogP contribution is 2.16. The van der Waals surface area contributed by atoms with Gasteiger partial charge in [-0.2, -0.15) is 0 Å². The molecular formula is C17H16FNO3S. The molecule has 0 spiro atoms. The summed E-state index contributed by atoms with van der Waals surface area (Å²) in [5, 5.41) is 2.53. The number of carbonyl (C=O) groups excluding carboxylic acids is 2. The molecule has 23 heavy (non-hydrogen) atoms. The number of benzene rings is 2. The molecule has 1 amide bonds. The van der Waals surface area contributed by atoms with Crippen molar-refractivity contribution in [3.8, 4) is 0 Å². The van der Waals surface area contributed by atoms with E-state index in [4.69, 9.17) is 0 Å². The molecule has 0 saturated carbocycles. The van der Waals surface area contributed by atoms with E-state index in [2.05, 4.69) is 10.1 Å². The van der Waals surface area contributed by atoms with Gasteiger partial charge < -0.3 is 10.1 Å². The van der Waals surface area contributed by atoms with Crippen LogP contribution in [0.15, 0.2) is 48.5 Å². The smallest absolute Gasteiger partial charge is 0.337 e. The molecule has 0 atom stereocenters. The van der Waals surface area contributed by atoms with Gasteiger partial charge in [0.25, 0.3) is 0 Å². The molecule has 2 aromatic rings. The summed E-state index contributed by atoms with van der Waals surface area (Å²) in [5.41, 5.74) is 1.56. The first-order valence-corrected chi connectivity index (χ1v) is 8.05. The summed E-state index contributed by atoms with van der Waals surface area (Å²) < 4.78 is 18.1. The van der Waals surface area contributed by atoms with Crippen LogP contribution in [0.1, 0.15) is 15.9 Å². The number of hydrogen-bond acceptors (Lipinski definition) is 4. The van der Waals surface area contributed by atoms with E-state index in [1.54, 1.807) is 30.3 Å². The number of rotatable bonds is 6. The topological polar surface area (TPSA) is 55.4 Å². The van der Waals surface area contributed by atoms with Gasteiger partial charge in [-0.05, 0) is 29.8 Å². The molecule has 4 nitrogen and oxygen atoms in total. The molecule has 0 aliphatic heterocycles. The molecule has 0 fully saturated rings. The Morgan fingerprint density at radius 1 is 1.17 bits per heavy atom. The van der Waals surface area contributed by atoms with E-state index < -0.39 is 11.8 Å². The highest BCUT2D eigenvalue weighted by Gasteiger charge is 2.08. The Labute approximate surface area is 138 Å². The van der Waals surface area contributed by atoms with Crippen molar-refractivity contribution in [1.29, 1.82) is 0 Å². The second kappa shape index (κ2) is 8.33. The molecule has 2 aromatic carbocycles. The van der Waals surface area contributed by atoms with Gasteiger partial charge in [0.05, 0.1) is 24.1 Å². The molecule has 0 aliphatic carbocycles. The lowest BCUT2D eigenvalue weighted by Crippen LogP contribution is -2.15. The number of halogens is 1. The molecule has 6 heteroatoms. The SMILES string of the molecule is COC(=O)c1cccc(CSCC(=O)Nc2ccccc2F)c1. The minimum Gasteiger partial charge on any atom is -0.465 e. The number of hydrogen-bond donors (Lipinski definition) is 1. The largest absolute Gasteiger partial charge is 0.465 e. The van der Waals surface area contributed by atoms with Crippen LogP contribution >= 0.6 is 11.8 Å². The van der Waals surface area contributed by atoms with Crippen molar-refractivity contribution in [2.75, 3.05) is 18.2 Å². The molecule has 0 saturated heterocycles. The van der Waals surface area contributed by atoms with E-state index >= 15 is 0 Å². The molecule has 0 aromatic heterocycles. The monoisotopic (exact) mass is 333 g/mol. The van der Waals surface area contributed by atoms with Gasteiger partial charge in [0.1, 0.15) is 5.82 Å². The third kappa shape index (κ3) is 5.10. The number of thioether (sulfide) groups is 1. The average Bonchev–Trinajstić information content (AvgIpc) is 2.56. The van der Waals surface area contributed by atoms with Gasteiger partial charge in [-0.3, -0.25) is 4.79 Å². The Bertz CT molecular complexity index is 706. The van der Waals surface area contributed by atoms with E-state index in [1.807, 2.05) is 6.07 Å². The van der Waals surface area contributed by atoms with Crippen LogP contribution in [0.3, 0.4) is 0 Å². The Morgan fingerprint density at radius 2 is 1.96 bits per heavy atom. The summed E-state index contributed by atoms with van der Waals surface area (Å²) in [6.07, 6.45) is 0. The van der Waals surface area contributed by atoms with Crippen molar-refractivity contribution < 1.29 is 18.7 Å². The zero-order chi connectivity index (χ0) is 16.7. The number of anilines is 1. The van der Waals surface area contributed by atoms with Gasteiger partial charge in [-0.1, -0.05) is 24.3 Å². The van der Waals surface area contributed by atoms with Crippen molar-refractivity contribution in [2.45, 2.75) is 5.75 Å². The van der Waals surface area contributed by atoms with Gasteiger partial charge in [0.2, 0.25) is 5.91 Å². The van der Waals surface area contributed by atoms with Crippen LogP contribution in [0.5, 0.6) is 0 Å². The van der Waals surface area contributed by atoms with E-state index in [0.717, 1.165) is 5.56 Å². The summed E-state index contributed by atoms with van der Waals surface area (Å²) in [5.74, 6) is -0.373. The first-order valence-electron chi connectivity index (χ1n) is 6.89. The molecule has 0 radical (unpaired) electrons. The van der Waals surface area contributed by atoms with E-state index in [0.29, 0.717) is 11.3 Å². The van der Waals surface area contributed by atoms with Crippen LogP contribution < -0.4 is 5.32 Å². The maximum atomic E-state index is 13.4. The fraction of sp³-hybridized carbons (Fsp3) is 0.176. The fourth-order valence-electron chi connectivity index (χ4n) is 1.92. The quantitative estimate of drug-likeness (QED) is 0.822. The number of esters is 1. The maximum Gasteiger partial charge on any atom is 0.337 e. The number of nitrogens with one attached hydrogen (secondary N) is 1. The average molecular weight is 333 g/mol. The number of carbonyl (C=O) groups is 2. The van der Waals surface area contributed by atoms with Crippen molar-refractivity contribution in [2.24, 2.45) is 0 Å². The molecular weight excluding hydrogens is 317 g/mol. The fourth-order valence-corrected chi connectivity index (χ4v) is 2.69. The van der Waals surface area contributed by atoms with Crippen LogP contribution in [-0.2, 0) is 15.3 Å². The number of ether oxygens (including phenoxy) is 1. The highest BCUT2D eigenvalue weighted by molar-refractivity contribution is 7.99. The second-order valence-electron chi connectivity index (χ2n) is 4.71. The molecule has 0 aliphatic rings. The van der Waals surface area contributed by atoms with Crippen molar-refractivity contribution >= 4 is 29.3 Å². The van der Waals surface area contributed by atoms with Crippen molar-refractivity contribution in [3.05, 3.63) is 65.5 Å². The Morgan fingerprint density at radius 3 is 2.70 bits per heavy atom. The predicted molar refractivity (Wildman–Crippen MR) is 89.0 cm³/mol. The zero-order valence-electron chi connectivity index (χ0n) is 12.5. The number of methoxy groups -OCH3 is 1. The minimum atomic E-state index is -0.461. The molecule has 1 N–H and O–H groups in total. The first kappa shape index (κ1) is 17.0. The minimum absolute atomic E-state index is 0.172. The van der Waals surface area contributed by atoms with Gasteiger partial charge in [0, 0.05) is 5.75 Å². The third-order valence-corrected chi connectivity index (χ3v) is 4.00. The molecule has 0 heterocycles. The van der Waals surface area contributed by atoms with E-state index in [9.17, 15) is 14.0 Å². The molecule has 0 unspecified atom stereocenters. The van der Waals surface area contributed by atoms with Gasteiger partial charge in [-0.15, -0.1) is 11.8 Å². The highest BCUT2D eigenvalue weighted by atomic mass is 32.2. The van der Waals surface area contributed by atoms with Crippen LogP contribution in [0, 0.1) is 5.82 Å². The maximum absolute atomic E-state index is 13.4. The normalized spacial score (nSPS) is 10.2. The van der Waals surface area contributed by atoms with E-state index in [-0.39, 0.29) is 17.3 Å². The summed E-state index contributed by atoms with van der Waals surface area (Å²) in [4.78, 5) is 23.3. The van der Waals surface area contributed by atoms with Gasteiger partial charge in [-0.25, -0.2) is 9.18 Å². The van der Waals surface area contributed by atoms with Crippen LogP contribution in [0.25, 0.3) is 0 Å². The van der Waals surface area contributed by atoms with Gasteiger partial charge in [0.15, 0.2) is 0 Å². The lowest BCUT2D eigenvalue weighted by atomic mass is 10.1. The van der Waals surface area contributed by atoms with E-state index in [1.165, 1.54) is 31.0 Å². The summed E-state index contributed by atoms with van der Waals surface area (Å²) in [6, 6.07) is 13.1. The molecule has 2 rings (SSSR count). The zero-order valence-corrected chi connectivity index (χ0v) is 13.4. The molecule has 120 valence electrons. The Kier molecular flexibility index (Phi) is 6.17. The summed E-state index contributed by atoms with van der Waals surface area (Å²) in [6.45, 7) is 0.